The number of thiazole rings is 1. The van der Waals surface area contributed by atoms with Gasteiger partial charge in [-0.05, 0) is 51.1 Å². The van der Waals surface area contributed by atoms with Crippen molar-refractivity contribution in [3.63, 3.8) is 0 Å². The molecule has 0 bridgehead atoms. The van der Waals surface area contributed by atoms with Gasteiger partial charge < -0.3 is 9.15 Å². The summed E-state index contributed by atoms with van der Waals surface area (Å²) in [6, 6.07) is 16.4. The molecule has 8 nitrogen and oxygen atoms in total. The third kappa shape index (κ3) is 4.42. The highest BCUT2D eigenvalue weighted by atomic mass is 32.1. The highest BCUT2D eigenvalue weighted by Gasteiger charge is 2.26. The summed E-state index contributed by atoms with van der Waals surface area (Å²) in [5, 5.41) is 5.66. The maximum Gasteiger partial charge on any atom is 0.349 e. The van der Waals surface area contributed by atoms with Gasteiger partial charge in [0.15, 0.2) is 5.13 Å². The van der Waals surface area contributed by atoms with Crippen molar-refractivity contribution >= 4 is 43.6 Å². The lowest BCUT2D eigenvalue weighted by molar-refractivity contribution is 0.0982. The number of rotatable bonds is 7. The standard InChI is InChI=1S/C26H24N4O4S/c1-4-33-21-10-7-11-22-23(21)27-26(35-22)29(12-13-30-17(3)14-16(2)28-30)24(31)19-15-18-8-5-6-9-20(18)34-25(19)32/h5-11,14-15H,4,12-13H2,1-3H3. The van der Waals surface area contributed by atoms with Gasteiger partial charge in [0.25, 0.3) is 5.91 Å². The van der Waals surface area contributed by atoms with Crippen LogP contribution in [0.5, 0.6) is 5.75 Å². The number of fused-ring (bicyclic) bond motifs is 2. The number of carbonyl (C=O) groups excluding carboxylic acids is 1. The maximum atomic E-state index is 13.8. The first-order valence-electron chi connectivity index (χ1n) is 11.3. The fourth-order valence-corrected chi connectivity index (χ4v) is 5.04. The summed E-state index contributed by atoms with van der Waals surface area (Å²) in [5.41, 5.74) is 2.29. The van der Waals surface area contributed by atoms with Gasteiger partial charge in [-0.3, -0.25) is 14.4 Å². The predicted molar refractivity (Wildman–Crippen MR) is 137 cm³/mol. The van der Waals surface area contributed by atoms with E-state index in [0.717, 1.165) is 16.1 Å². The number of carbonyl (C=O) groups is 1. The maximum absolute atomic E-state index is 13.8. The quantitative estimate of drug-likeness (QED) is 0.301. The summed E-state index contributed by atoms with van der Waals surface area (Å²) in [6.07, 6.45) is 0. The second-order valence-electron chi connectivity index (χ2n) is 8.12. The number of aryl methyl sites for hydroxylation is 2. The number of amides is 1. The zero-order valence-electron chi connectivity index (χ0n) is 19.6. The van der Waals surface area contributed by atoms with Crippen LogP contribution >= 0.6 is 11.3 Å². The molecule has 2 aromatic carbocycles. The van der Waals surface area contributed by atoms with Gasteiger partial charge in [-0.25, -0.2) is 9.78 Å². The molecule has 5 aromatic rings. The number of ether oxygens (including phenoxy) is 1. The SMILES string of the molecule is CCOc1cccc2sc(N(CCn3nc(C)cc3C)C(=O)c3cc4ccccc4oc3=O)nc12. The average molecular weight is 489 g/mol. The third-order valence-electron chi connectivity index (χ3n) is 5.66. The van der Waals surface area contributed by atoms with E-state index in [1.54, 1.807) is 24.3 Å². The lowest BCUT2D eigenvalue weighted by Crippen LogP contribution is -2.36. The molecule has 9 heteroatoms. The molecule has 1 amide bonds. The Balaban J connectivity index is 1.58. The number of benzene rings is 2. The molecule has 178 valence electrons. The smallest absolute Gasteiger partial charge is 0.349 e. The van der Waals surface area contributed by atoms with Crippen molar-refractivity contribution < 1.29 is 13.9 Å². The average Bonchev–Trinajstić information content (AvgIpc) is 3.41. The van der Waals surface area contributed by atoms with E-state index in [1.807, 2.05) is 55.8 Å². The Kier molecular flexibility index (Phi) is 6.08. The highest BCUT2D eigenvalue weighted by molar-refractivity contribution is 7.22. The van der Waals surface area contributed by atoms with E-state index < -0.39 is 11.5 Å². The second-order valence-corrected chi connectivity index (χ2v) is 9.13. The summed E-state index contributed by atoms with van der Waals surface area (Å²) in [5.74, 6) is 0.187. The molecule has 0 saturated carbocycles. The highest BCUT2D eigenvalue weighted by Crippen LogP contribution is 2.34. The molecular formula is C26H24N4O4S. The number of anilines is 1. The van der Waals surface area contributed by atoms with Gasteiger partial charge in [0.2, 0.25) is 0 Å². The van der Waals surface area contributed by atoms with Crippen LogP contribution < -0.4 is 15.3 Å². The molecule has 0 fully saturated rings. The van der Waals surface area contributed by atoms with Crippen molar-refractivity contribution in [3.05, 3.63) is 82.0 Å². The summed E-state index contributed by atoms with van der Waals surface area (Å²) in [6.45, 7) is 7.03. The number of hydrogen-bond acceptors (Lipinski definition) is 7. The van der Waals surface area contributed by atoms with E-state index in [2.05, 4.69) is 5.10 Å². The minimum Gasteiger partial charge on any atom is -0.492 e. The van der Waals surface area contributed by atoms with Crippen LogP contribution in [0.3, 0.4) is 0 Å². The van der Waals surface area contributed by atoms with Crippen molar-refractivity contribution in [1.29, 1.82) is 0 Å². The summed E-state index contributed by atoms with van der Waals surface area (Å²) in [4.78, 5) is 32.8. The molecular weight excluding hydrogens is 464 g/mol. The van der Waals surface area contributed by atoms with Gasteiger partial charge in [0, 0.05) is 17.6 Å². The van der Waals surface area contributed by atoms with Gasteiger partial charge in [0.05, 0.1) is 23.5 Å². The van der Waals surface area contributed by atoms with Crippen molar-refractivity contribution in [2.24, 2.45) is 0 Å². The van der Waals surface area contributed by atoms with Crippen molar-refractivity contribution in [2.75, 3.05) is 18.1 Å². The van der Waals surface area contributed by atoms with Gasteiger partial charge >= 0.3 is 5.63 Å². The molecule has 3 heterocycles. The van der Waals surface area contributed by atoms with Crippen LogP contribution in [0.4, 0.5) is 5.13 Å². The van der Waals surface area contributed by atoms with E-state index in [4.69, 9.17) is 14.1 Å². The molecule has 5 rings (SSSR count). The minimum absolute atomic E-state index is 0.0404. The zero-order valence-corrected chi connectivity index (χ0v) is 20.5. The van der Waals surface area contributed by atoms with Crippen molar-refractivity contribution in [3.8, 4) is 5.75 Å². The monoisotopic (exact) mass is 488 g/mol. The first kappa shape index (κ1) is 22.8. The molecule has 0 aliphatic heterocycles. The van der Waals surface area contributed by atoms with Crippen LogP contribution in [0, 0.1) is 13.8 Å². The van der Waals surface area contributed by atoms with Crippen LogP contribution in [-0.4, -0.2) is 33.8 Å². The molecule has 0 N–H and O–H groups in total. The molecule has 0 atom stereocenters. The summed E-state index contributed by atoms with van der Waals surface area (Å²) in [7, 11) is 0. The molecule has 3 aromatic heterocycles. The van der Waals surface area contributed by atoms with E-state index in [0.29, 0.717) is 40.5 Å². The number of para-hydroxylation sites is 2. The van der Waals surface area contributed by atoms with E-state index in [1.165, 1.54) is 16.2 Å². The molecule has 0 saturated heterocycles. The van der Waals surface area contributed by atoms with E-state index in [9.17, 15) is 9.59 Å². The van der Waals surface area contributed by atoms with Crippen molar-refractivity contribution in [2.45, 2.75) is 27.3 Å². The van der Waals surface area contributed by atoms with Gasteiger partial charge in [-0.1, -0.05) is 35.6 Å². The topological polar surface area (TPSA) is 90.5 Å². The number of hydrogen-bond donors (Lipinski definition) is 0. The van der Waals surface area contributed by atoms with Crippen LogP contribution in [0.25, 0.3) is 21.2 Å². The number of aromatic nitrogens is 3. The van der Waals surface area contributed by atoms with Gasteiger partial charge in [-0.15, -0.1) is 0 Å². The Bertz CT molecular complexity index is 1600. The largest absolute Gasteiger partial charge is 0.492 e. The molecule has 35 heavy (non-hydrogen) atoms. The fraction of sp³-hybridized carbons (Fsp3) is 0.231. The molecule has 0 radical (unpaired) electrons. The lowest BCUT2D eigenvalue weighted by atomic mass is 10.1. The summed E-state index contributed by atoms with van der Waals surface area (Å²) >= 11 is 1.37. The van der Waals surface area contributed by atoms with Gasteiger partial charge in [0.1, 0.15) is 22.4 Å². The van der Waals surface area contributed by atoms with Crippen LogP contribution in [0.15, 0.2) is 63.8 Å². The molecule has 0 spiro atoms. The molecule has 0 aliphatic carbocycles. The zero-order chi connectivity index (χ0) is 24.5. The Hall–Kier alpha value is -3.98. The molecule has 0 aliphatic rings. The Morgan fingerprint density at radius 2 is 1.97 bits per heavy atom. The van der Waals surface area contributed by atoms with Crippen LogP contribution in [0.1, 0.15) is 28.7 Å². The first-order valence-corrected chi connectivity index (χ1v) is 12.1. The minimum atomic E-state index is -0.680. The fourth-order valence-electron chi connectivity index (χ4n) is 4.04. The third-order valence-corrected chi connectivity index (χ3v) is 6.70. The summed E-state index contributed by atoms with van der Waals surface area (Å²) < 4.78 is 13.9. The molecule has 0 unspecified atom stereocenters. The van der Waals surface area contributed by atoms with Crippen LogP contribution in [-0.2, 0) is 6.54 Å². The Morgan fingerprint density at radius 1 is 1.14 bits per heavy atom. The van der Waals surface area contributed by atoms with Crippen LogP contribution in [0.2, 0.25) is 0 Å². The first-order chi connectivity index (χ1) is 16.9. The predicted octanol–water partition coefficient (Wildman–Crippen LogP) is 4.96. The Labute approximate surface area is 205 Å². The second kappa shape index (κ2) is 9.34. The lowest BCUT2D eigenvalue weighted by Gasteiger charge is -2.20. The number of nitrogens with zero attached hydrogens (tertiary/aromatic N) is 4. The normalized spacial score (nSPS) is 11.3. The van der Waals surface area contributed by atoms with E-state index in [-0.39, 0.29) is 12.1 Å². The van der Waals surface area contributed by atoms with Gasteiger partial charge in [-0.2, -0.15) is 5.10 Å². The Morgan fingerprint density at radius 3 is 2.74 bits per heavy atom. The van der Waals surface area contributed by atoms with E-state index >= 15 is 0 Å². The van der Waals surface area contributed by atoms with Crippen molar-refractivity contribution in [1.82, 2.24) is 14.8 Å².